The van der Waals surface area contributed by atoms with Gasteiger partial charge in [-0.15, -0.1) is 0 Å². The van der Waals surface area contributed by atoms with Crippen molar-refractivity contribution in [2.45, 2.75) is 18.9 Å². The maximum Gasteiger partial charge on any atom is 0.133 e. The molecule has 18 heavy (non-hydrogen) atoms. The number of pyridine rings is 1. The van der Waals surface area contributed by atoms with Crippen molar-refractivity contribution in [1.29, 1.82) is 0 Å². The van der Waals surface area contributed by atoms with Gasteiger partial charge in [0, 0.05) is 35.4 Å². The first kappa shape index (κ1) is 12.4. The molecule has 0 bridgehead atoms. The van der Waals surface area contributed by atoms with Crippen LogP contribution in [-0.4, -0.2) is 37.8 Å². The molecule has 0 aromatic carbocycles. The fourth-order valence-corrected chi connectivity index (χ4v) is 3.04. The van der Waals surface area contributed by atoms with E-state index in [1.807, 2.05) is 6.20 Å². The maximum atomic E-state index is 5.42. The smallest absolute Gasteiger partial charge is 0.133 e. The molecule has 0 spiro atoms. The third kappa shape index (κ3) is 2.53. The van der Waals surface area contributed by atoms with Crippen LogP contribution in [0.15, 0.2) is 16.7 Å². The lowest BCUT2D eigenvalue weighted by molar-refractivity contribution is 0.122. The van der Waals surface area contributed by atoms with Crippen LogP contribution in [0, 0.1) is 0 Å². The van der Waals surface area contributed by atoms with E-state index in [0.29, 0.717) is 6.04 Å². The standard InChI is InChI=1S/C13H18BrN3O/c14-10-8-11(12-2-1-3-15-12)13(16-9-10)17-4-6-18-7-5-17/h8-9,12,15H,1-7H2. The van der Waals surface area contributed by atoms with Gasteiger partial charge in [0.25, 0.3) is 0 Å². The third-order valence-electron chi connectivity index (χ3n) is 3.61. The van der Waals surface area contributed by atoms with E-state index < -0.39 is 0 Å². The predicted molar refractivity (Wildman–Crippen MR) is 74.9 cm³/mol. The minimum absolute atomic E-state index is 0.452. The van der Waals surface area contributed by atoms with Crippen molar-refractivity contribution >= 4 is 21.7 Å². The highest BCUT2D eigenvalue weighted by atomic mass is 79.9. The first-order valence-corrected chi connectivity index (χ1v) is 7.35. The number of ether oxygens (including phenoxy) is 1. The Morgan fingerprint density at radius 1 is 1.39 bits per heavy atom. The second kappa shape index (κ2) is 5.55. The summed E-state index contributed by atoms with van der Waals surface area (Å²) in [6.45, 7) is 4.59. The highest BCUT2D eigenvalue weighted by Crippen LogP contribution is 2.32. The molecule has 1 aromatic heterocycles. The number of anilines is 1. The van der Waals surface area contributed by atoms with Crippen LogP contribution in [0.4, 0.5) is 5.82 Å². The van der Waals surface area contributed by atoms with E-state index >= 15 is 0 Å². The molecular formula is C13H18BrN3O. The Morgan fingerprint density at radius 3 is 2.94 bits per heavy atom. The van der Waals surface area contributed by atoms with Crippen LogP contribution in [0.1, 0.15) is 24.4 Å². The van der Waals surface area contributed by atoms with Gasteiger partial charge >= 0.3 is 0 Å². The molecule has 1 aromatic rings. The minimum atomic E-state index is 0.452. The quantitative estimate of drug-likeness (QED) is 0.907. The fourth-order valence-electron chi connectivity index (χ4n) is 2.69. The predicted octanol–water partition coefficient (Wildman–Crippen LogP) is 2.11. The van der Waals surface area contributed by atoms with Crippen LogP contribution in [0.3, 0.4) is 0 Å². The average Bonchev–Trinajstić information content (AvgIpc) is 2.93. The lowest BCUT2D eigenvalue weighted by atomic mass is 10.1. The monoisotopic (exact) mass is 311 g/mol. The van der Waals surface area contributed by atoms with Gasteiger partial charge in [0.15, 0.2) is 0 Å². The van der Waals surface area contributed by atoms with Gasteiger partial charge in [-0.3, -0.25) is 0 Å². The molecule has 3 heterocycles. The Kier molecular flexibility index (Phi) is 3.82. The first-order valence-electron chi connectivity index (χ1n) is 6.56. The van der Waals surface area contributed by atoms with Gasteiger partial charge in [-0.1, -0.05) is 0 Å². The molecule has 5 heteroatoms. The summed E-state index contributed by atoms with van der Waals surface area (Å²) < 4.78 is 6.47. The summed E-state index contributed by atoms with van der Waals surface area (Å²) in [6.07, 6.45) is 4.35. The van der Waals surface area contributed by atoms with Crippen LogP contribution < -0.4 is 10.2 Å². The molecule has 98 valence electrons. The molecule has 4 nitrogen and oxygen atoms in total. The molecule has 1 unspecified atom stereocenters. The van der Waals surface area contributed by atoms with Gasteiger partial charge in [-0.2, -0.15) is 0 Å². The number of nitrogens with one attached hydrogen (secondary N) is 1. The average molecular weight is 312 g/mol. The summed E-state index contributed by atoms with van der Waals surface area (Å²) in [6, 6.07) is 2.66. The molecule has 0 aliphatic carbocycles. The summed E-state index contributed by atoms with van der Waals surface area (Å²) in [4.78, 5) is 6.97. The normalized spacial score (nSPS) is 24.5. The van der Waals surface area contributed by atoms with Gasteiger partial charge in [0.05, 0.1) is 13.2 Å². The van der Waals surface area contributed by atoms with E-state index in [0.717, 1.165) is 43.1 Å². The van der Waals surface area contributed by atoms with Crippen molar-refractivity contribution in [2.24, 2.45) is 0 Å². The Balaban J connectivity index is 1.91. The van der Waals surface area contributed by atoms with Crippen molar-refractivity contribution in [3.63, 3.8) is 0 Å². The summed E-state index contributed by atoms with van der Waals surface area (Å²) in [5.41, 5.74) is 1.32. The van der Waals surface area contributed by atoms with E-state index in [1.165, 1.54) is 18.4 Å². The lowest BCUT2D eigenvalue weighted by Gasteiger charge is -2.30. The second-order valence-electron chi connectivity index (χ2n) is 4.81. The van der Waals surface area contributed by atoms with Crippen LogP contribution in [0.25, 0.3) is 0 Å². The Labute approximate surface area is 116 Å². The van der Waals surface area contributed by atoms with E-state index in [4.69, 9.17) is 4.74 Å². The van der Waals surface area contributed by atoms with Gasteiger partial charge in [0.1, 0.15) is 5.82 Å². The van der Waals surface area contributed by atoms with Crippen LogP contribution in [-0.2, 0) is 4.74 Å². The molecule has 1 atom stereocenters. The zero-order valence-electron chi connectivity index (χ0n) is 10.4. The zero-order chi connectivity index (χ0) is 12.4. The number of rotatable bonds is 2. The molecule has 3 rings (SSSR count). The molecule has 0 amide bonds. The lowest BCUT2D eigenvalue weighted by Crippen LogP contribution is -2.37. The molecular weight excluding hydrogens is 294 g/mol. The van der Waals surface area contributed by atoms with E-state index in [-0.39, 0.29) is 0 Å². The largest absolute Gasteiger partial charge is 0.378 e. The molecule has 2 saturated heterocycles. The van der Waals surface area contributed by atoms with Crippen LogP contribution >= 0.6 is 15.9 Å². The summed E-state index contributed by atoms with van der Waals surface area (Å²) in [5.74, 6) is 1.13. The Morgan fingerprint density at radius 2 is 2.22 bits per heavy atom. The maximum absolute atomic E-state index is 5.42. The highest BCUT2D eigenvalue weighted by molar-refractivity contribution is 9.10. The Hall–Kier alpha value is -0.650. The van der Waals surface area contributed by atoms with Crippen molar-refractivity contribution in [1.82, 2.24) is 10.3 Å². The van der Waals surface area contributed by atoms with Gasteiger partial charge < -0.3 is 15.0 Å². The number of halogens is 1. The zero-order valence-corrected chi connectivity index (χ0v) is 11.9. The Bertz CT molecular complexity index is 415. The van der Waals surface area contributed by atoms with Gasteiger partial charge in [-0.05, 0) is 41.4 Å². The molecule has 2 fully saturated rings. The SMILES string of the molecule is Brc1cnc(N2CCOCC2)c(C2CCCN2)c1. The molecule has 2 aliphatic rings. The number of nitrogens with zero attached hydrogens (tertiary/aromatic N) is 2. The van der Waals surface area contributed by atoms with E-state index in [1.54, 1.807) is 0 Å². The van der Waals surface area contributed by atoms with Gasteiger partial charge in [0.2, 0.25) is 0 Å². The molecule has 1 N–H and O–H groups in total. The highest BCUT2D eigenvalue weighted by Gasteiger charge is 2.24. The van der Waals surface area contributed by atoms with Crippen molar-refractivity contribution in [3.8, 4) is 0 Å². The molecule has 0 radical (unpaired) electrons. The molecule has 0 saturated carbocycles. The second-order valence-corrected chi connectivity index (χ2v) is 5.73. The van der Waals surface area contributed by atoms with Crippen molar-refractivity contribution in [2.75, 3.05) is 37.7 Å². The first-order chi connectivity index (χ1) is 8.84. The van der Waals surface area contributed by atoms with Crippen LogP contribution in [0.2, 0.25) is 0 Å². The van der Waals surface area contributed by atoms with E-state index in [9.17, 15) is 0 Å². The van der Waals surface area contributed by atoms with E-state index in [2.05, 4.69) is 37.2 Å². The van der Waals surface area contributed by atoms with Gasteiger partial charge in [-0.25, -0.2) is 4.98 Å². The topological polar surface area (TPSA) is 37.4 Å². The minimum Gasteiger partial charge on any atom is -0.378 e. The van der Waals surface area contributed by atoms with Crippen molar-refractivity contribution < 1.29 is 4.74 Å². The summed E-state index contributed by atoms with van der Waals surface area (Å²) >= 11 is 3.53. The number of morpholine rings is 1. The third-order valence-corrected chi connectivity index (χ3v) is 4.04. The summed E-state index contributed by atoms with van der Waals surface area (Å²) in [7, 11) is 0. The molecule has 2 aliphatic heterocycles. The number of hydrogen-bond donors (Lipinski definition) is 1. The fraction of sp³-hybridized carbons (Fsp3) is 0.615. The van der Waals surface area contributed by atoms with Crippen LogP contribution in [0.5, 0.6) is 0 Å². The van der Waals surface area contributed by atoms with Crippen molar-refractivity contribution in [3.05, 3.63) is 22.3 Å². The number of hydrogen-bond acceptors (Lipinski definition) is 4. The number of aromatic nitrogens is 1. The summed E-state index contributed by atoms with van der Waals surface area (Å²) in [5, 5.41) is 3.56.